The molecular formula is C6H12FNO. The number of Topliss-reactive ketones (excluding diaryl/α,β-unsaturated/α-hetero) is 1. The first-order chi connectivity index (χ1) is 3.98. The third-order valence-electron chi connectivity index (χ3n) is 1.00. The number of nitrogens with one attached hydrogen (secondary N) is 1. The van der Waals surface area contributed by atoms with E-state index in [9.17, 15) is 9.18 Å². The number of alkyl halides is 1. The van der Waals surface area contributed by atoms with Gasteiger partial charge in [-0.3, -0.25) is 4.79 Å². The van der Waals surface area contributed by atoms with E-state index in [1.807, 2.05) is 0 Å². The van der Waals surface area contributed by atoms with Crippen molar-refractivity contribution in [3.05, 3.63) is 0 Å². The van der Waals surface area contributed by atoms with Crippen molar-refractivity contribution in [2.24, 2.45) is 0 Å². The minimum absolute atomic E-state index is 0.101. The lowest BCUT2D eigenvalue weighted by Gasteiger charge is -2.10. The number of rotatable bonds is 3. The lowest BCUT2D eigenvalue weighted by molar-refractivity contribution is -0.127. The van der Waals surface area contributed by atoms with Crippen molar-refractivity contribution < 1.29 is 9.18 Å². The Morgan fingerprint density at radius 2 is 2.11 bits per heavy atom. The first-order valence-corrected chi connectivity index (χ1v) is 2.85. The number of carbonyl (C=O) groups excluding carboxylic acids is 1. The summed E-state index contributed by atoms with van der Waals surface area (Å²) in [5.41, 5.74) is -1.69. The average molecular weight is 133 g/mol. The van der Waals surface area contributed by atoms with Gasteiger partial charge in [0.25, 0.3) is 0 Å². The first-order valence-electron chi connectivity index (χ1n) is 2.85. The van der Waals surface area contributed by atoms with Crippen LogP contribution in [0.25, 0.3) is 0 Å². The second kappa shape index (κ2) is 2.92. The molecule has 0 unspecified atom stereocenters. The Morgan fingerprint density at radius 1 is 1.67 bits per heavy atom. The number of likely N-dealkylation sites (N-methyl/N-ethyl adjacent to an activating group) is 1. The van der Waals surface area contributed by atoms with Crippen LogP contribution in [0, 0.1) is 0 Å². The highest BCUT2D eigenvalue weighted by Crippen LogP contribution is 2.07. The molecule has 0 heterocycles. The Bertz CT molecular complexity index is 106. The van der Waals surface area contributed by atoms with Crippen LogP contribution < -0.4 is 5.32 Å². The molecule has 0 saturated heterocycles. The van der Waals surface area contributed by atoms with E-state index >= 15 is 0 Å². The van der Waals surface area contributed by atoms with Gasteiger partial charge in [0.2, 0.25) is 0 Å². The van der Waals surface area contributed by atoms with E-state index in [2.05, 4.69) is 5.32 Å². The highest BCUT2D eigenvalue weighted by molar-refractivity contribution is 5.88. The van der Waals surface area contributed by atoms with Crippen LogP contribution in [0.5, 0.6) is 0 Å². The van der Waals surface area contributed by atoms with Gasteiger partial charge in [0.15, 0.2) is 11.5 Å². The largest absolute Gasteiger partial charge is 0.313 e. The monoisotopic (exact) mass is 133 g/mol. The van der Waals surface area contributed by atoms with Crippen molar-refractivity contribution in [1.29, 1.82) is 0 Å². The fourth-order valence-corrected chi connectivity index (χ4v) is 0.371. The van der Waals surface area contributed by atoms with Gasteiger partial charge < -0.3 is 5.32 Å². The molecule has 0 rings (SSSR count). The Kier molecular flexibility index (Phi) is 2.77. The summed E-state index contributed by atoms with van der Waals surface area (Å²) < 4.78 is 12.6. The minimum atomic E-state index is -1.69. The van der Waals surface area contributed by atoms with Gasteiger partial charge in [0.05, 0.1) is 6.54 Å². The highest BCUT2D eigenvalue weighted by Gasteiger charge is 2.24. The third kappa shape index (κ3) is 3.19. The standard InChI is InChI=1S/C6H12FNO/c1-6(2,7)5(9)4-8-3/h8H,4H2,1-3H3. The fourth-order valence-electron chi connectivity index (χ4n) is 0.371. The third-order valence-corrected chi connectivity index (χ3v) is 1.00. The Labute approximate surface area is 54.4 Å². The maximum absolute atomic E-state index is 12.6. The van der Waals surface area contributed by atoms with Crippen LogP contribution >= 0.6 is 0 Å². The summed E-state index contributed by atoms with van der Waals surface area (Å²) in [6.45, 7) is 2.61. The normalized spacial score (nSPS) is 11.6. The topological polar surface area (TPSA) is 29.1 Å². The van der Waals surface area contributed by atoms with E-state index in [1.54, 1.807) is 7.05 Å². The predicted octanol–water partition coefficient (Wildman–Crippen LogP) is 0.523. The molecule has 3 heteroatoms. The van der Waals surface area contributed by atoms with Gasteiger partial charge in [0.1, 0.15) is 0 Å². The van der Waals surface area contributed by atoms with Gasteiger partial charge in [-0.15, -0.1) is 0 Å². The molecule has 0 spiro atoms. The number of hydrogen-bond donors (Lipinski definition) is 1. The summed E-state index contributed by atoms with van der Waals surface area (Å²) >= 11 is 0. The molecule has 0 aliphatic carbocycles. The smallest absolute Gasteiger partial charge is 0.183 e. The van der Waals surface area contributed by atoms with Crippen LogP contribution in [0.2, 0.25) is 0 Å². The highest BCUT2D eigenvalue weighted by atomic mass is 19.1. The van der Waals surface area contributed by atoms with Crippen LogP contribution in [0.15, 0.2) is 0 Å². The molecule has 0 radical (unpaired) electrons. The van der Waals surface area contributed by atoms with E-state index < -0.39 is 11.5 Å². The molecule has 0 aromatic carbocycles. The second-order valence-corrected chi connectivity index (χ2v) is 2.43. The van der Waals surface area contributed by atoms with Crippen LogP contribution in [0.1, 0.15) is 13.8 Å². The summed E-state index contributed by atoms with van der Waals surface area (Å²) in [7, 11) is 1.61. The van der Waals surface area contributed by atoms with E-state index in [0.717, 1.165) is 0 Å². The van der Waals surface area contributed by atoms with Crippen LogP contribution in [0.3, 0.4) is 0 Å². The van der Waals surface area contributed by atoms with Gasteiger partial charge in [-0.2, -0.15) is 0 Å². The molecule has 2 nitrogen and oxygen atoms in total. The number of carbonyl (C=O) groups is 1. The van der Waals surface area contributed by atoms with Crippen LogP contribution in [-0.2, 0) is 4.79 Å². The molecular weight excluding hydrogens is 121 g/mol. The van der Waals surface area contributed by atoms with E-state index in [4.69, 9.17) is 0 Å². The average Bonchev–Trinajstić information content (AvgIpc) is 1.64. The summed E-state index contributed by atoms with van der Waals surface area (Å²) in [6.07, 6.45) is 0. The lowest BCUT2D eigenvalue weighted by atomic mass is 10.1. The Hall–Kier alpha value is -0.440. The van der Waals surface area contributed by atoms with Gasteiger partial charge in [-0.1, -0.05) is 0 Å². The maximum atomic E-state index is 12.6. The van der Waals surface area contributed by atoms with Crippen molar-refractivity contribution in [3.63, 3.8) is 0 Å². The van der Waals surface area contributed by atoms with Gasteiger partial charge in [-0.05, 0) is 20.9 Å². The summed E-state index contributed by atoms with van der Waals surface area (Å²) in [6, 6.07) is 0. The summed E-state index contributed by atoms with van der Waals surface area (Å²) in [5, 5.41) is 2.58. The zero-order chi connectivity index (χ0) is 7.49. The lowest BCUT2D eigenvalue weighted by Crippen LogP contribution is -2.33. The van der Waals surface area contributed by atoms with Crippen LogP contribution in [0.4, 0.5) is 4.39 Å². The number of halogens is 1. The molecule has 9 heavy (non-hydrogen) atoms. The second-order valence-electron chi connectivity index (χ2n) is 2.43. The van der Waals surface area contributed by atoms with Crippen molar-refractivity contribution in [2.75, 3.05) is 13.6 Å². The molecule has 0 aromatic rings. The van der Waals surface area contributed by atoms with Crippen molar-refractivity contribution >= 4 is 5.78 Å². The molecule has 0 saturated carbocycles. The maximum Gasteiger partial charge on any atom is 0.183 e. The Balaban J connectivity index is 3.74. The molecule has 0 aliphatic heterocycles. The minimum Gasteiger partial charge on any atom is -0.313 e. The quantitative estimate of drug-likeness (QED) is 0.608. The van der Waals surface area contributed by atoms with Gasteiger partial charge in [-0.25, -0.2) is 4.39 Å². The zero-order valence-electron chi connectivity index (χ0n) is 5.99. The molecule has 0 aromatic heterocycles. The van der Waals surface area contributed by atoms with Crippen molar-refractivity contribution in [2.45, 2.75) is 19.5 Å². The zero-order valence-corrected chi connectivity index (χ0v) is 5.99. The summed E-state index contributed by atoms with van der Waals surface area (Å²) in [5.74, 6) is -0.412. The number of hydrogen-bond acceptors (Lipinski definition) is 2. The van der Waals surface area contributed by atoms with Gasteiger partial charge in [0, 0.05) is 0 Å². The SMILES string of the molecule is CNCC(=O)C(C)(C)F. The molecule has 0 atom stereocenters. The molecule has 0 bridgehead atoms. The molecule has 0 amide bonds. The number of ketones is 1. The fraction of sp³-hybridized carbons (Fsp3) is 0.833. The van der Waals surface area contributed by atoms with Crippen molar-refractivity contribution in [1.82, 2.24) is 5.32 Å². The Morgan fingerprint density at radius 3 is 2.22 bits per heavy atom. The predicted molar refractivity (Wildman–Crippen MR) is 34.1 cm³/mol. The molecule has 1 N–H and O–H groups in total. The van der Waals surface area contributed by atoms with E-state index in [0.29, 0.717) is 0 Å². The summed E-state index contributed by atoms with van der Waals surface area (Å²) in [4.78, 5) is 10.6. The molecule has 0 fully saturated rings. The van der Waals surface area contributed by atoms with E-state index in [1.165, 1.54) is 13.8 Å². The molecule has 54 valence electrons. The van der Waals surface area contributed by atoms with Gasteiger partial charge >= 0.3 is 0 Å². The van der Waals surface area contributed by atoms with Crippen LogP contribution in [-0.4, -0.2) is 25.0 Å². The van der Waals surface area contributed by atoms with Crippen molar-refractivity contribution in [3.8, 4) is 0 Å². The van der Waals surface area contributed by atoms with E-state index in [-0.39, 0.29) is 6.54 Å². The first kappa shape index (κ1) is 8.56. The molecule has 0 aliphatic rings.